The summed E-state index contributed by atoms with van der Waals surface area (Å²) in [5.41, 5.74) is 1.58. The molecule has 3 aromatic rings. The Balaban J connectivity index is 1.37. The molecule has 1 aromatic carbocycles. The number of amides is 1. The largest absolute Gasteiger partial charge is 0.497 e. The third kappa shape index (κ3) is 3.81. The Morgan fingerprint density at radius 1 is 1.30 bits per heavy atom. The Morgan fingerprint density at radius 3 is 2.89 bits per heavy atom. The van der Waals surface area contributed by atoms with Crippen molar-refractivity contribution in [2.75, 3.05) is 20.2 Å². The lowest BCUT2D eigenvalue weighted by Crippen LogP contribution is -2.28. The van der Waals surface area contributed by atoms with Crippen LogP contribution in [-0.4, -0.2) is 51.2 Å². The number of nitrogens with zero attached hydrogens (tertiary/aromatic N) is 4. The van der Waals surface area contributed by atoms with Gasteiger partial charge in [-0.3, -0.25) is 14.9 Å². The molecule has 0 saturated carbocycles. The zero-order valence-corrected chi connectivity index (χ0v) is 15.1. The van der Waals surface area contributed by atoms with E-state index in [1.807, 2.05) is 41.3 Å². The maximum absolute atomic E-state index is 12.7. The summed E-state index contributed by atoms with van der Waals surface area (Å²) in [5, 5.41) is 7.29. The van der Waals surface area contributed by atoms with E-state index in [9.17, 15) is 4.79 Å². The van der Waals surface area contributed by atoms with Crippen molar-refractivity contribution in [3.8, 4) is 17.1 Å². The summed E-state index contributed by atoms with van der Waals surface area (Å²) >= 11 is 0. The molecule has 1 fully saturated rings. The molecule has 0 radical (unpaired) electrons. The van der Waals surface area contributed by atoms with Crippen LogP contribution in [0.4, 0.5) is 0 Å². The van der Waals surface area contributed by atoms with Crippen molar-refractivity contribution in [2.24, 2.45) is 5.92 Å². The number of pyridine rings is 1. The van der Waals surface area contributed by atoms with Crippen LogP contribution in [0.15, 0.2) is 48.8 Å². The third-order valence-electron chi connectivity index (χ3n) is 4.84. The summed E-state index contributed by atoms with van der Waals surface area (Å²) in [6.45, 7) is 1.49. The maximum Gasteiger partial charge on any atom is 0.253 e. The van der Waals surface area contributed by atoms with Crippen molar-refractivity contribution in [2.45, 2.75) is 12.8 Å². The molecule has 27 heavy (non-hydrogen) atoms. The van der Waals surface area contributed by atoms with Crippen LogP contribution < -0.4 is 4.74 Å². The van der Waals surface area contributed by atoms with E-state index in [1.165, 1.54) is 0 Å². The minimum Gasteiger partial charge on any atom is -0.497 e. The molecule has 2 aromatic heterocycles. The number of hydrogen-bond acceptors (Lipinski definition) is 5. The number of nitrogens with one attached hydrogen (secondary N) is 1. The number of ether oxygens (including phenoxy) is 1. The summed E-state index contributed by atoms with van der Waals surface area (Å²) < 4.78 is 5.15. The molecule has 1 aliphatic heterocycles. The van der Waals surface area contributed by atoms with Crippen LogP contribution in [-0.2, 0) is 6.42 Å². The van der Waals surface area contributed by atoms with Gasteiger partial charge in [-0.15, -0.1) is 0 Å². The van der Waals surface area contributed by atoms with E-state index in [0.717, 1.165) is 43.1 Å². The zero-order valence-electron chi connectivity index (χ0n) is 15.1. The zero-order chi connectivity index (χ0) is 18.6. The Hall–Kier alpha value is -3.22. The lowest BCUT2D eigenvalue weighted by molar-refractivity contribution is 0.0787. The maximum atomic E-state index is 12.7. The van der Waals surface area contributed by atoms with Gasteiger partial charge >= 0.3 is 0 Å². The van der Waals surface area contributed by atoms with Gasteiger partial charge in [0.25, 0.3) is 5.91 Å². The predicted molar refractivity (Wildman–Crippen MR) is 100 cm³/mol. The summed E-state index contributed by atoms with van der Waals surface area (Å²) in [6, 6.07) is 11.1. The van der Waals surface area contributed by atoms with E-state index < -0.39 is 0 Å². The highest BCUT2D eigenvalue weighted by molar-refractivity contribution is 5.94. The lowest BCUT2D eigenvalue weighted by atomic mass is 10.0. The fraction of sp³-hybridized carbons (Fsp3) is 0.300. The van der Waals surface area contributed by atoms with Crippen LogP contribution in [0, 0.1) is 5.92 Å². The number of carbonyl (C=O) groups excluding carboxylic acids is 1. The Labute approximate surface area is 157 Å². The minimum atomic E-state index is 0.0637. The number of hydrogen-bond donors (Lipinski definition) is 1. The van der Waals surface area contributed by atoms with Gasteiger partial charge < -0.3 is 9.64 Å². The SMILES string of the molecule is COc1ccc(C(=O)N2CCC(Cc3nc(-c4cccnc4)n[nH]3)C2)cc1. The van der Waals surface area contributed by atoms with Gasteiger partial charge in [0, 0.05) is 43.0 Å². The highest BCUT2D eigenvalue weighted by Crippen LogP contribution is 2.23. The first-order valence-corrected chi connectivity index (χ1v) is 8.98. The molecule has 138 valence electrons. The normalized spacial score (nSPS) is 16.5. The number of likely N-dealkylation sites (tertiary alicyclic amines) is 1. The topological polar surface area (TPSA) is 84.0 Å². The molecule has 0 aliphatic carbocycles. The molecule has 1 unspecified atom stereocenters. The summed E-state index contributed by atoms with van der Waals surface area (Å²) in [4.78, 5) is 23.2. The molecule has 1 N–H and O–H groups in total. The van der Waals surface area contributed by atoms with E-state index in [2.05, 4.69) is 20.2 Å². The van der Waals surface area contributed by atoms with Gasteiger partial charge in [-0.1, -0.05) is 0 Å². The van der Waals surface area contributed by atoms with E-state index >= 15 is 0 Å². The fourth-order valence-electron chi connectivity index (χ4n) is 3.38. The van der Waals surface area contributed by atoms with Crippen LogP contribution in [0.5, 0.6) is 5.75 Å². The molecule has 7 heteroatoms. The average Bonchev–Trinajstić information content (AvgIpc) is 3.38. The van der Waals surface area contributed by atoms with Gasteiger partial charge in [-0.2, -0.15) is 5.10 Å². The first kappa shape index (κ1) is 17.2. The quantitative estimate of drug-likeness (QED) is 0.753. The smallest absolute Gasteiger partial charge is 0.253 e. The van der Waals surface area contributed by atoms with E-state index in [-0.39, 0.29) is 5.91 Å². The minimum absolute atomic E-state index is 0.0637. The molecule has 1 aliphatic rings. The third-order valence-corrected chi connectivity index (χ3v) is 4.84. The standard InChI is InChI=1S/C20H21N5O2/c1-27-17-6-4-15(5-7-17)20(26)25-10-8-14(13-25)11-18-22-19(24-23-18)16-3-2-9-21-12-16/h2-7,9,12,14H,8,10-11,13H2,1H3,(H,22,23,24). The second kappa shape index (κ2) is 7.57. The van der Waals surface area contributed by atoms with Crippen LogP contribution >= 0.6 is 0 Å². The number of aromatic nitrogens is 4. The highest BCUT2D eigenvalue weighted by Gasteiger charge is 2.28. The van der Waals surface area contributed by atoms with Crippen molar-refractivity contribution in [1.29, 1.82) is 0 Å². The molecular weight excluding hydrogens is 342 g/mol. The van der Waals surface area contributed by atoms with Crippen LogP contribution in [0.3, 0.4) is 0 Å². The molecule has 7 nitrogen and oxygen atoms in total. The molecule has 0 spiro atoms. The van der Waals surface area contributed by atoms with Crippen molar-refractivity contribution >= 4 is 5.91 Å². The second-order valence-electron chi connectivity index (χ2n) is 6.69. The van der Waals surface area contributed by atoms with Crippen molar-refractivity contribution in [3.63, 3.8) is 0 Å². The van der Waals surface area contributed by atoms with Gasteiger partial charge in [-0.25, -0.2) is 4.98 Å². The van der Waals surface area contributed by atoms with E-state index in [4.69, 9.17) is 4.74 Å². The van der Waals surface area contributed by atoms with Crippen LogP contribution in [0.25, 0.3) is 11.4 Å². The lowest BCUT2D eigenvalue weighted by Gasteiger charge is -2.16. The van der Waals surface area contributed by atoms with Crippen LogP contribution in [0.2, 0.25) is 0 Å². The van der Waals surface area contributed by atoms with Crippen molar-refractivity contribution < 1.29 is 9.53 Å². The molecule has 1 amide bonds. The second-order valence-corrected chi connectivity index (χ2v) is 6.69. The van der Waals surface area contributed by atoms with Gasteiger partial charge in [0.05, 0.1) is 7.11 Å². The fourth-order valence-corrected chi connectivity index (χ4v) is 3.38. The number of rotatable bonds is 5. The number of methoxy groups -OCH3 is 1. The van der Waals surface area contributed by atoms with Gasteiger partial charge in [0.2, 0.25) is 0 Å². The van der Waals surface area contributed by atoms with Gasteiger partial charge in [-0.05, 0) is 48.7 Å². The van der Waals surface area contributed by atoms with Crippen molar-refractivity contribution in [1.82, 2.24) is 25.1 Å². The van der Waals surface area contributed by atoms with E-state index in [1.54, 1.807) is 19.5 Å². The predicted octanol–water partition coefficient (Wildman–Crippen LogP) is 2.58. The van der Waals surface area contributed by atoms with Gasteiger partial charge in [0.1, 0.15) is 11.6 Å². The van der Waals surface area contributed by atoms with E-state index in [0.29, 0.717) is 17.3 Å². The van der Waals surface area contributed by atoms with Gasteiger partial charge in [0.15, 0.2) is 5.82 Å². The Kier molecular flexibility index (Phi) is 4.82. The Bertz CT molecular complexity index is 908. The molecule has 3 heterocycles. The Morgan fingerprint density at radius 2 is 2.15 bits per heavy atom. The number of H-pyrrole nitrogens is 1. The molecule has 1 atom stereocenters. The molecule has 1 saturated heterocycles. The summed E-state index contributed by atoms with van der Waals surface area (Å²) in [6.07, 6.45) is 5.21. The average molecular weight is 363 g/mol. The molecule has 4 rings (SSSR count). The summed E-state index contributed by atoms with van der Waals surface area (Å²) in [7, 11) is 1.62. The monoisotopic (exact) mass is 363 g/mol. The number of benzene rings is 1. The van der Waals surface area contributed by atoms with Crippen molar-refractivity contribution in [3.05, 3.63) is 60.2 Å². The summed E-state index contributed by atoms with van der Waals surface area (Å²) in [5.74, 6) is 2.69. The molecule has 0 bridgehead atoms. The molecular formula is C20H21N5O2. The number of carbonyl (C=O) groups is 1. The number of aromatic amines is 1. The first-order chi connectivity index (χ1) is 13.2. The van der Waals surface area contributed by atoms with Crippen LogP contribution in [0.1, 0.15) is 22.6 Å². The first-order valence-electron chi connectivity index (χ1n) is 8.98. The highest BCUT2D eigenvalue weighted by atomic mass is 16.5.